The highest BCUT2D eigenvalue weighted by atomic mass is 32.1. The fourth-order valence-corrected chi connectivity index (χ4v) is 3.19. The van der Waals surface area contributed by atoms with Crippen molar-refractivity contribution < 1.29 is 14.0 Å². The first-order chi connectivity index (χ1) is 10.4. The normalized spacial score (nSPS) is 12.0. The Hall–Kier alpha value is -2.21. The Morgan fingerprint density at radius 2 is 1.95 bits per heavy atom. The predicted octanol–water partition coefficient (Wildman–Crippen LogP) is 3.43. The molecule has 3 N–H and O–H groups in total. The Bertz CT molecular complexity index is 695. The minimum absolute atomic E-state index is 0.189. The van der Waals surface area contributed by atoms with E-state index in [1.807, 2.05) is 6.92 Å². The molecule has 1 atom stereocenters. The fraction of sp³-hybridized carbons (Fsp3) is 0.250. The summed E-state index contributed by atoms with van der Waals surface area (Å²) in [6, 6.07) is 7.62. The van der Waals surface area contributed by atoms with Crippen molar-refractivity contribution in [2.24, 2.45) is 5.73 Å². The number of benzene rings is 1. The molecule has 0 spiro atoms. The van der Waals surface area contributed by atoms with E-state index in [0.717, 1.165) is 22.5 Å². The van der Waals surface area contributed by atoms with Crippen LogP contribution in [0.25, 0.3) is 0 Å². The van der Waals surface area contributed by atoms with Gasteiger partial charge in [0, 0.05) is 0 Å². The second-order valence-electron chi connectivity index (χ2n) is 4.99. The molecule has 0 radical (unpaired) electrons. The second-order valence-corrected chi connectivity index (χ2v) is 6.04. The number of nitrogens with two attached hydrogens (primary N) is 1. The fourth-order valence-electron chi connectivity index (χ4n) is 2.26. The minimum Gasteiger partial charge on any atom is -0.365 e. The van der Waals surface area contributed by atoms with Gasteiger partial charge in [-0.05, 0) is 42.7 Å². The van der Waals surface area contributed by atoms with Gasteiger partial charge in [-0.1, -0.05) is 19.1 Å². The summed E-state index contributed by atoms with van der Waals surface area (Å²) < 4.78 is 13.0. The van der Waals surface area contributed by atoms with Crippen molar-refractivity contribution in [3.63, 3.8) is 0 Å². The molecule has 0 saturated carbocycles. The zero-order chi connectivity index (χ0) is 16.3. The van der Waals surface area contributed by atoms with Crippen LogP contribution in [0.4, 0.5) is 9.39 Å². The van der Waals surface area contributed by atoms with Crippen LogP contribution in [0.5, 0.6) is 0 Å². The van der Waals surface area contributed by atoms with Gasteiger partial charge in [-0.25, -0.2) is 4.39 Å². The van der Waals surface area contributed by atoms with Crippen LogP contribution in [0.1, 0.15) is 40.1 Å². The van der Waals surface area contributed by atoms with Gasteiger partial charge in [0.05, 0.1) is 15.8 Å². The van der Waals surface area contributed by atoms with Crippen LogP contribution >= 0.6 is 11.3 Å². The summed E-state index contributed by atoms with van der Waals surface area (Å²) in [5.74, 6) is -1.40. The van der Waals surface area contributed by atoms with Gasteiger partial charge in [-0.3, -0.25) is 9.59 Å². The predicted molar refractivity (Wildman–Crippen MR) is 85.6 cm³/mol. The molecule has 2 amide bonds. The average Bonchev–Trinajstić information content (AvgIpc) is 2.82. The van der Waals surface area contributed by atoms with E-state index in [-0.39, 0.29) is 17.6 Å². The molecule has 0 aliphatic heterocycles. The topological polar surface area (TPSA) is 72.2 Å². The lowest BCUT2D eigenvalue weighted by atomic mass is 9.95. The number of hydrogen-bond donors (Lipinski definition) is 2. The number of primary amides is 1. The number of anilines is 1. The van der Waals surface area contributed by atoms with E-state index in [4.69, 9.17) is 5.73 Å². The van der Waals surface area contributed by atoms with E-state index in [1.165, 1.54) is 12.1 Å². The molecular formula is C16H17FN2O2S. The standard InChI is InChI=1S/C16H17FN2O2S/c1-3-12(10-4-6-11(17)7-5-10)16(21)19-13-8-9(2)14(22-13)15(18)20/h4-8,12H,3H2,1-2H3,(H2,18,20)(H,19,21). The maximum atomic E-state index is 13.0. The van der Waals surface area contributed by atoms with E-state index in [1.54, 1.807) is 25.1 Å². The highest BCUT2D eigenvalue weighted by Crippen LogP contribution is 2.28. The van der Waals surface area contributed by atoms with Crippen molar-refractivity contribution >= 4 is 28.2 Å². The third-order valence-corrected chi connectivity index (χ3v) is 4.55. The summed E-state index contributed by atoms with van der Waals surface area (Å²) in [6.45, 7) is 3.66. The largest absolute Gasteiger partial charge is 0.365 e. The first kappa shape index (κ1) is 16.2. The number of hydrogen-bond acceptors (Lipinski definition) is 3. The van der Waals surface area contributed by atoms with Gasteiger partial charge in [0.2, 0.25) is 5.91 Å². The van der Waals surface area contributed by atoms with E-state index in [2.05, 4.69) is 5.32 Å². The molecule has 6 heteroatoms. The zero-order valence-corrected chi connectivity index (χ0v) is 13.2. The first-order valence-electron chi connectivity index (χ1n) is 6.89. The van der Waals surface area contributed by atoms with Crippen molar-refractivity contribution in [3.8, 4) is 0 Å². The van der Waals surface area contributed by atoms with E-state index in [9.17, 15) is 14.0 Å². The molecular weight excluding hydrogens is 303 g/mol. The number of nitrogens with one attached hydrogen (secondary N) is 1. The van der Waals surface area contributed by atoms with Gasteiger partial charge in [-0.15, -0.1) is 11.3 Å². The molecule has 0 bridgehead atoms. The van der Waals surface area contributed by atoms with Gasteiger partial charge in [0.25, 0.3) is 5.91 Å². The van der Waals surface area contributed by atoms with Gasteiger partial charge in [0.15, 0.2) is 0 Å². The third kappa shape index (κ3) is 3.51. The van der Waals surface area contributed by atoms with Crippen LogP contribution in [0.3, 0.4) is 0 Å². The maximum Gasteiger partial charge on any atom is 0.259 e. The molecule has 2 rings (SSSR count). The van der Waals surface area contributed by atoms with Crippen LogP contribution in [0, 0.1) is 12.7 Å². The molecule has 1 heterocycles. The summed E-state index contributed by atoms with van der Waals surface area (Å²) in [4.78, 5) is 24.1. The summed E-state index contributed by atoms with van der Waals surface area (Å²) >= 11 is 1.15. The summed E-state index contributed by atoms with van der Waals surface area (Å²) in [5.41, 5.74) is 6.77. The van der Waals surface area contributed by atoms with E-state index < -0.39 is 5.91 Å². The molecule has 0 fully saturated rings. The number of carbonyl (C=O) groups is 2. The number of carbonyl (C=O) groups excluding carboxylic acids is 2. The lowest BCUT2D eigenvalue weighted by molar-refractivity contribution is -0.117. The Morgan fingerprint density at radius 1 is 1.32 bits per heavy atom. The molecule has 0 aliphatic rings. The van der Waals surface area contributed by atoms with Crippen LogP contribution in [-0.2, 0) is 4.79 Å². The van der Waals surface area contributed by atoms with E-state index in [0.29, 0.717) is 16.3 Å². The van der Waals surface area contributed by atoms with Crippen molar-refractivity contribution in [2.45, 2.75) is 26.2 Å². The number of amides is 2. The monoisotopic (exact) mass is 320 g/mol. The molecule has 1 aromatic heterocycles. The molecule has 1 unspecified atom stereocenters. The lowest BCUT2D eigenvalue weighted by Gasteiger charge is -2.14. The van der Waals surface area contributed by atoms with Gasteiger partial charge >= 0.3 is 0 Å². The van der Waals surface area contributed by atoms with Crippen LogP contribution in [0.2, 0.25) is 0 Å². The average molecular weight is 320 g/mol. The smallest absolute Gasteiger partial charge is 0.259 e. The Morgan fingerprint density at radius 3 is 2.45 bits per heavy atom. The molecule has 1 aromatic carbocycles. The number of rotatable bonds is 5. The highest BCUT2D eigenvalue weighted by molar-refractivity contribution is 7.18. The van der Waals surface area contributed by atoms with E-state index >= 15 is 0 Å². The number of thiophene rings is 1. The third-order valence-electron chi connectivity index (χ3n) is 3.39. The van der Waals surface area contributed by atoms with Gasteiger partial charge in [0.1, 0.15) is 5.82 Å². The summed E-state index contributed by atoms with van der Waals surface area (Å²) in [7, 11) is 0. The van der Waals surface area contributed by atoms with Crippen LogP contribution in [-0.4, -0.2) is 11.8 Å². The first-order valence-corrected chi connectivity index (χ1v) is 7.70. The molecule has 4 nitrogen and oxygen atoms in total. The van der Waals surface area contributed by atoms with Gasteiger partial charge in [-0.2, -0.15) is 0 Å². The minimum atomic E-state index is -0.506. The quantitative estimate of drug-likeness (QED) is 0.886. The van der Waals surface area contributed by atoms with Crippen molar-refractivity contribution in [1.82, 2.24) is 0 Å². The Balaban J connectivity index is 2.17. The Labute approximate surface area is 132 Å². The second kappa shape index (κ2) is 6.70. The zero-order valence-electron chi connectivity index (χ0n) is 12.4. The molecule has 0 aliphatic carbocycles. The SMILES string of the molecule is CCC(C(=O)Nc1cc(C)c(C(N)=O)s1)c1ccc(F)cc1. The van der Waals surface area contributed by atoms with Gasteiger partial charge < -0.3 is 11.1 Å². The molecule has 0 saturated heterocycles. The molecule has 2 aromatic rings. The number of aryl methyl sites for hydroxylation is 1. The number of halogens is 1. The van der Waals surface area contributed by atoms with Crippen LogP contribution < -0.4 is 11.1 Å². The summed E-state index contributed by atoms with van der Waals surface area (Å²) in [5, 5.41) is 3.38. The van der Waals surface area contributed by atoms with Crippen LogP contribution in [0.15, 0.2) is 30.3 Å². The molecule has 22 heavy (non-hydrogen) atoms. The van der Waals surface area contributed by atoms with Crippen molar-refractivity contribution in [1.29, 1.82) is 0 Å². The van der Waals surface area contributed by atoms with Crippen molar-refractivity contribution in [3.05, 3.63) is 52.2 Å². The van der Waals surface area contributed by atoms with Crippen molar-refractivity contribution in [2.75, 3.05) is 5.32 Å². The Kier molecular flexibility index (Phi) is 4.92. The molecule has 116 valence electrons. The maximum absolute atomic E-state index is 13.0. The lowest BCUT2D eigenvalue weighted by Crippen LogP contribution is -2.20. The summed E-state index contributed by atoms with van der Waals surface area (Å²) in [6.07, 6.45) is 0.588. The highest BCUT2D eigenvalue weighted by Gasteiger charge is 2.20.